The van der Waals surface area contributed by atoms with Crippen LogP contribution in [0.3, 0.4) is 0 Å². The summed E-state index contributed by atoms with van der Waals surface area (Å²) in [5, 5.41) is 18.7. The van der Waals surface area contributed by atoms with Gasteiger partial charge in [-0.3, -0.25) is 0 Å². The third-order valence-electron chi connectivity index (χ3n) is 2.72. The van der Waals surface area contributed by atoms with Crippen LogP contribution in [-0.4, -0.2) is 29.3 Å². The Bertz CT molecular complexity index is 649. The summed E-state index contributed by atoms with van der Waals surface area (Å²) in [6, 6.07) is 4.57. The summed E-state index contributed by atoms with van der Waals surface area (Å²) >= 11 is 5.81. The van der Waals surface area contributed by atoms with Crippen LogP contribution in [0.1, 0.15) is 5.76 Å². The van der Waals surface area contributed by atoms with Crippen molar-refractivity contribution in [2.24, 2.45) is 0 Å². The Morgan fingerprint density at radius 1 is 1.42 bits per heavy atom. The first kappa shape index (κ1) is 13.7. The minimum Gasteiger partial charge on any atom is -0.507 e. The molecular weight excluding hydrogens is 272 g/mol. The molecule has 102 valence electrons. The first-order valence-corrected chi connectivity index (χ1v) is 6.07. The number of alkyl halides is 1. The van der Waals surface area contributed by atoms with E-state index in [1.165, 1.54) is 13.2 Å². The monoisotopic (exact) mass is 284 g/mol. The molecule has 0 saturated heterocycles. The van der Waals surface area contributed by atoms with E-state index in [-0.39, 0.29) is 24.2 Å². The zero-order valence-corrected chi connectivity index (χ0v) is 11.0. The Labute approximate surface area is 114 Å². The Kier molecular flexibility index (Phi) is 3.97. The van der Waals surface area contributed by atoms with E-state index in [4.69, 9.17) is 25.9 Å². The summed E-state index contributed by atoms with van der Waals surface area (Å²) in [4.78, 5) is 11.8. The molecule has 0 saturated carbocycles. The maximum atomic E-state index is 11.8. The number of halogens is 1. The highest BCUT2D eigenvalue weighted by Crippen LogP contribution is 2.28. The summed E-state index contributed by atoms with van der Waals surface area (Å²) < 4.78 is 10.1. The van der Waals surface area contributed by atoms with Crippen molar-refractivity contribution in [1.29, 1.82) is 0 Å². The number of hydrogen-bond donors (Lipinski definition) is 2. The number of ether oxygens (including phenoxy) is 1. The summed E-state index contributed by atoms with van der Waals surface area (Å²) in [6.45, 7) is -0.216. The second-order valence-corrected chi connectivity index (χ2v) is 4.71. The van der Waals surface area contributed by atoms with Crippen LogP contribution in [0.25, 0.3) is 10.8 Å². The van der Waals surface area contributed by atoms with Crippen LogP contribution in [-0.2, 0) is 6.42 Å². The number of rotatable bonds is 4. The molecule has 2 aromatic rings. The second kappa shape index (κ2) is 5.50. The normalized spacial score (nSPS) is 12.6. The quantitative estimate of drug-likeness (QED) is 0.835. The topological polar surface area (TPSA) is 79.9 Å². The minimum atomic E-state index is -0.644. The molecule has 0 spiro atoms. The largest absolute Gasteiger partial charge is 0.507 e. The SMILES string of the molecule is COc1cc(O)c2c(=O)oc(CC(Cl)CO)cc2c1. The van der Waals surface area contributed by atoms with E-state index in [9.17, 15) is 9.90 Å². The van der Waals surface area contributed by atoms with Gasteiger partial charge in [0, 0.05) is 12.5 Å². The van der Waals surface area contributed by atoms with Crippen molar-refractivity contribution in [3.05, 3.63) is 34.4 Å². The third kappa shape index (κ3) is 2.83. The number of aliphatic hydroxyl groups is 1. The Balaban J connectivity index is 2.58. The standard InChI is InChI=1S/C13H13ClO5/c1-18-9-2-7-3-10(4-8(14)6-15)19-13(17)12(7)11(16)5-9/h2-3,5,8,15-16H,4,6H2,1H3. The van der Waals surface area contributed by atoms with E-state index in [1.807, 2.05) is 0 Å². The smallest absolute Gasteiger partial charge is 0.347 e. The second-order valence-electron chi connectivity index (χ2n) is 4.09. The van der Waals surface area contributed by atoms with Crippen LogP contribution in [0.5, 0.6) is 11.5 Å². The fourth-order valence-electron chi connectivity index (χ4n) is 1.83. The van der Waals surface area contributed by atoms with Gasteiger partial charge in [-0.15, -0.1) is 11.6 Å². The lowest BCUT2D eigenvalue weighted by molar-refractivity contribution is 0.286. The van der Waals surface area contributed by atoms with Gasteiger partial charge in [0.1, 0.15) is 22.6 Å². The molecule has 0 aliphatic heterocycles. The molecule has 1 aromatic carbocycles. The molecule has 2 N–H and O–H groups in total. The van der Waals surface area contributed by atoms with Gasteiger partial charge in [-0.2, -0.15) is 0 Å². The highest BCUT2D eigenvalue weighted by molar-refractivity contribution is 6.20. The number of hydrogen-bond acceptors (Lipinski definition) is 5. The number of methoxy groups -OCH3 is 1. The molecule has 0 amide bonds. The molecule has 1 heterocycles. The summed E-state index contributed by atoms with van der Waals surface area (Å²) in [5.74, 6) is 0.588. The van der Waals surface area contributed by atoms with Gasteiger partial charge >= 0.3 is 5.63 Å². The van der Waals surface area contributed by atoms with E-state index in [0.29, 0.717) is 16.9 Å². The molecule has 19 heavy (non-hydrogen) atoms. The first-order chi connectivity index (χ1) is 9.05. The predicted octanol–water partition coefficient (Wildman–Crippen LogP) is 1.65. The van der Waals surface area contributed by atoms with Gasteiger partial charge in [0.15, 0.2) is 0 Å². The number of fused-ring (bicyclic) bond motifs is 1. The van der Waals surface area contributed by atoms with Crippen molar-refractivity contribution in [2.45, 2.75) is 11.8 Å². The number of aromatic hydroxyl groups is 1. The average Bonchev–Trinajstić information content (AvgIpc) is 2.37. The highest BCUT2D eigenvalue weighted by atomic mass is 35.5. The summed E-state index contributed by atoms with van der Waals surface area (Å²) in [5.41, 5.74) is -0.644. The Morgan fingerprint density at radius 2 is 2.16 bits per heavy atom. The van der Waals surface area contributed by atoms with Gasteiger partial charge < -0.3 is 19.4 Å². The molecule has 0 aliphatic rings. The van der Waals surface area contributed by atoms with Crippen LogP contribution in [0.2, 0.25) is 0 Å². The van der Waals surface area contributed by atoms with E-state index in [1.54, 1.807) is 12.1 Å². The predicted molar refractivity (Wildman–Crippen MR) is 71.1 cm³/mol. The van der Waals surface area contributed by atoms with E-state index < -0.39 is 11.0 Å². The number of phenols is 1. The number of phenolic OH excluding ortho intramolecular Hbond substituents is 1. The number of aliphatic hydroxyl groups excluding tert-OH is 1. The number of benzene rings is 1. The lowest BCUT2D eigenvalue weighted by Gasteiger charge is -2.08. The van der Waals surface area contributed by atoms with Crippen molar-refractivity contribution < 1.29 is 19.4 Å². The summed E-state index contributed by atoms with van der Waals surface area (Å²) in [7, 11) is 1.47. The molecule has 0 aliphatic carbocycles. The van der Waals surface area contributed by atoms with Gasteiger partial charge in [0.2, 0.25) is 0 Å². The van der Waals surface area contributed by atoms with Crippen molar-refractivity contribution in [3.63, 3.8) is 0 Å². The molecule has 2 rings (SSSR count). The van der Waals surface area contributed by atoms with Crippen LogP contribution < -0.4 is 10.4 Å². The Hall–Kier alpha value is -1.72. The molecule has 5 nitrogen and oxygen atoms in total. The molecule has 0 fully saturated rings. The first-order valence-electron chi connectivity index (χ1n) is 5.63. The molecule has 0 bridgehead atoms. The van der Waals surface area contributed by atoms with Crippen molar-refractivity contribution in [1.82, 2.24) is 0 Å². The van der Waals surface area contributed by atoms with Crippen LogP contribution in [0.15, 0.2) is 27.4 Å². The van der Waals surface area contributed by atoms with Crippen molar-refractivity contribution in [2.75, 3.05) is 13.7 Å². The maximum Gasteiger partial charge on any atom is 0.347 e. The van der Waals surface area contributed by atoms with E-state index >= 15 is 0 Å². The van der Waals surface area contributed by atoms with Crippen LogP contribution in [0, 0.1) is 0 Å². The zero-order valence-electron chi connectivity index (χ0n) is 10.2. The molecule has 1 atom stereocenters. The molecule has 0 radical (unpaired) electrons. The lowest BCUT2D eigenvalue weighted by Crippen LogP contribution is -2.11. The molecule has 1 aromatic heterocycles. The fourth-order valence-corrected chi connectivity index (χ4v) is 1.98. The van der Waals surface area contributed by atoms with E-state index in [0.717, 1.165) is 0 Å². The summed E-state index contributed by atoms with van der Waals surface area (Å²) in [6.07, 6.45) is 0.223. The molecular formula is C13H13ClO5. The zero-order chi connectivity index (χ0) is 14.0. The highest BCUT2D eigenvalue weighted by Gasteiger charge is 2.13. The average molecular weight is 285 g/mol. The minimum absolute atomic E-state index is 0.0969. The Morgan fingerprint density at radius 3 is 2.79 bits per heavy atom. The van der Waals surface area contributed by atoms with Crippen LogP contribution >= 0.6 is 11.6 Å². The van der Waals surface area contributed by atoms with Crippen LogP contribution in [0.4, 0.5) is 0 Å². The molecule has 6 heteroatoms. The van der Waals surface area contributed by atoms with E-state index in [2.05, 4.69) is 0 Å². The van der Waals surface area contributed by atoms with Gasteiger partial charge in [-0.25, -0.2) is 4.79 Å². The van der Waals surface area contributed by atoms with Crippen molar-refractivity contribution in [3.8, 4) is 11.5 Å². The fraction of sp³-hybridized carbons (Fsp3) is 0.308. The third-order valence-corrected chi connectivity index (χ3v) is 3.01. The van der Waals surface area contributed by atoms with Gasteiger partial charge in [0.05, 0.1) is 19.1 Å². The van der Waals surface area contributed by atoms with Crippen molar-refractivity contribution >= 4 is 22.4 Å². The van der Waals surface area contributed by atoms with Gasteiger partial charge in [0.25, 0.3) is 0 Å². The lowest BCUT2D eigenvalue weighted by atomic mass is 10.1. The van der Waals surface area contributed by atoms with Gasteiger partial charge in [-0.1, -0.05) is 0 Å². The maximum absolute atomic E-state index is 11.8. The van der Waals surface area contributed by atoms with Gasteiger partial charge in [-0.05, 0) is 17.5 Å². The molecule has 1 unspecified atom stereocenters.